The molecule has 0 radical (unpaired) electrons. The zero-order valence-electron chi connectivity index (χ0n) is 15.2. The summed E-state index contributed by atoms with van der Waals surface area (Å²) in [5, 5.41) is 11.6. The first-order chi connectivity index (χ1) is 13.5. The second kappa shape index (κ2) is 9.03. The van der Waals surface area contributed by atoms with Crippen LogP contribution in [0.25, 0.3) is 11.0 Å². The first-order valence-corrected chi connectivity index (χ1v) is 9.54. The van der Waals surface area contributed by atoms with Gasteiger partial charge >= 0.3 is 0 Å². The molecule has 0 aliphatic carbocycles. The number of hydrogen-bond donors (Lipinski definition) is 1. The van der Waals surface area contributed by atoms with Crippen LogP contribution in [0.4, 0.5) is 5.69 Å². The first kappa shape index (κ1) is 20.1. The van der Waals surface area contributed by atoms with Crippen LogP contribution in [0.1, 0.15) is 13.3 Å². The van der Waals surface area contributed by atoms with Crippen LogP contribution in [0, 0.1) is 0 Å². The van der Waals surface area contributed by atoms with Gasteiger partial charge in [0, 0.05) is 11.6 Å². The molecule has 0 spiro atoms. The smallest absolute Gasteiger partial charge is 0.244 e. The topological polar surface area (TPSA) is 80.1 Å². The number of carbonyl (C=O) groups is 2. The summed E-state index contributed by atoms with van der Waals surface area (Å²) in [6.07, 6.45) is 0.717. The van der Waals surface area contributed by atoms with Crippen LogP contribution in [0.2, 0.25) is 10.0 Å². The number of para-hydroxylation sites is 1. The Morgan fingerprint density at radius 2 is 1.96 bits per heavy atom. The quantitative estimate of drug-likeness (QED) is 0.633. The number of nitrogens with one attached hydrogen (secondary N) is 1. The number of anilines is 1. The van der Waals surface area contributed by atoms with Crippen molar-refractivity contribution in [3.8, 4) is 0 Å². The molecule has 3 rings (SSSR count). The molecule has 1 heterocycles. The number of amides is 2. The summed E-state index contributed by atoms with van der Waals surface area (Å²) in [7, 11) is 0. The van der Waals surface area contributed by atoms with Crippen LogP contribution in [0.5, 0.6) is 0 Å². The Hall–Kier alpha value is -2.64. The van der Waals surface area contributed by atoms with Gasteiger partial charge in [-0.25, -0.2) is 4.68 Å². The summed E-state index contributed by atoms with van der Waals surface area (Å²) in [4.78, 5) is 26.7. The zero-order valence-corrected chi connectivity index (χ0v) is 16.7. The molecular formula is C19H19Cl2N5O2. The minimum absolute atomic E-state index is 0.00567. The van der Waals surface area contributed by atoms with Gasteiger partial charge in [-0.3, -0.25) is 9.59 Å². The highest BCUT2D eigenvalue weighted by atomic mass is 35.5. The summed E-state index contributed by atoms with van der Waals surface area (Å²) in [5.74, 6) is -0.570. The van der Waals surface area contributed by atoms with E-state index in [-0.39, 0.29) is 24.9 Å². The maximum absolute atomic E-state index is 12.8. The number of benzene rings is 2. The standard InChI is InChI=1S/C19H19Cl2N5O2/c1-2-9-25(11-18(27)22-16-10-13(20)7-8-14(16)21)19(28)12-26-17-6-4-3-5-15(17)23-24-26/h3-8,10H,2,9,11-12H2,1H3,(H,22,27). The minimum Gasteiger partial charge on any atom is -0.332 e. The van der Waals surface area contributed by atoms with E-state index < -0.39 is 0 Å². The van der Waals surface area contributed by atoms with E-state index in [1.165, 1.54) is 9.58 Å². The molecule has 146 valence electrons. The Kier molecular flexibility index (Phi) is 6.49. The maximum atomic E-state index is 12.8. The van der Waals surface area contributed by atoms with E-state index in [1.54, 1.807) is 18.2 Å². The molecule has 2 aromatic carbocycles. The average molecular weight is 420 g/mol. The molecule has 0 fully saturated rings. The number of fused-ring (bicyclic) bond motifs is 1. The Morgan fingerprint density at radius 1 is 1.18 bits per heavy atom. The minimum atomic E-state index is -0.352. The monoisotopic (exact) mass is 419 g/mol. The molecule has 9 heteroatoms. The van der Waals surface area contributed by atoms with Crippen LogP contribution >= 0.6 is 23.2 Å². The lowest BCUT2D eigenvalue weighted by Crippen LogP contribution is -2.40. The number of rotatable bonds is 7. The number of hydrogen-bond acceptors (Lipinski definition) is 4. The molecule has 7 nitrogen and oxygen atoms in total. The lowest BCUT2D eigenvalue weighted by molar-refractivity contribution is -0.135. The summed E-state index contributed by atoms with van der Waals surface area (Å²) in [6.45, 7) is 2.30. The normalized spacial score (nSPS) is 10.8. The second-order valence-corrected chi connectivity index (χ2v) is 7.07. The predicted molar refractivity (Wildman–Crippen MR) is 109 cm³/mol. The highest BCUT2D eigenvalue weighted by molar-refractivity contribution is 6.35. The van der Waals surface area contributed by atoms with E-state index in [9.17, 15) is 9.59 Å². The summed E-state index contributed by atoms with van der Waals surface area (Å²) < 4.78 is 1.53. The van der Waals surface area contributed by atoms with E-state index in [0.717, 1.165) is 11.9 Å². The van der Waals surface area contributed by atoms with Gasteiger partial charge in [-0.15, -0.1) is 5.10 Å². The Balaban J connectivity index is 1.69. The van der Waals surface area contributed by atoms with Gasteiger partial charge in [0.1, 0.15) is 12.1 Å². The SMILES string of the molecule is CCCN(CC(=O)Nc1cc(Cl)ccc1Cl)C(=O)Cn1nnc2ccccc21. The van der Waals surface area contributed by atoms with Gasteiger partial charge in [0.05, 0.1) is 22.8 Å². The van der Waals surface area contributed by atoms with Crippen LogP contribution in [-0.4, -0.2) is 44.8 Å². The Bertz CT molecular complexity index is 1000. The third-order valence-corrected chi connectivity index (χ3v) is 4.65. The van der Waals surface area contributed by atoms with Gasteiger partial charge in [0.25, 0.3) is 0 Å². The third kappa shape index (κ3) is 4.79. The first-order valence-electron chi connectivity index (χ1n) is 8.79. The van der Waals surface area contributed by atoms with Crippen molar-refractivity contribution in [2.75, 3.05) is 18.4 Å². The summed E-state index contributed by atoms with van der Waals surface area (Å²) >= 11 is 12.0. The highest BCUT2D eigenvalue weighted by Crippen LogP contribution is 2.25. The number of nitrogens with zero attached hydrogens (tertiary/aromatic N) is 4. The number of halogens is 2. The molecule has 1 N–H and O–H groups in total. The second-order valence-electron chi connectivity index (χ2n) is 6.22. The fraction of sp³-hybridized carbons (Fsp3) is 0.263. The van der Waals surface area contributed by atoms with E-state index in [1.807, 2.05) is 31.2 Å². The fourth-order valence-corrected chi connectivity index (χ4v) is 3.12. The predicted octanol–water partition coefficient (Wildman–Crippen LogP) is 3.62. The van der Waals surface area contributed by atoms with Crippen molar-refractivity contribution in [3.63, 3.8) is 0 Å². The molecule has 3 aromatic rings. The zero-order chi connectivity index (χ0) is 20.1. The van der Waals surface area contributed by atoms with Gasteiger partial charge in [-0.05, 0) is 36.8 Å². The van der Waals surface area contributed by atoms with Crippen molar-refractivity contribution in [2.45, 2.75) is 19.9 Å². The van der Waals surface area contributed by atoms with Crippen molar-refractivity contribution >= 4 is 51.7 Å². The molecule has 0 bridgehead atoms. The van der Waals surface area contributed by atoms with Gasteiger partial charge in [0.15, 0.2) is 0 Å². The molecular weight excluding hydrogens is 401 g/mol. The highest BCUT2D eigenvalue weighted by Gasteiger charge is 2.19. The molecule has 0 atom stereocenters. The van der Waals surface area contributed by atoms with Gasteiger partial charge < -0.3 is 10.2 Å². The lowest BCUT2D eigenvalue weighted by atomic mass is 10.3. The number of carbonyl (C=O) groups excluding carboxylic acids is 2. The van der Waals surface area contributed by atoms with Crippen LogP contribution in [-0.2, 0) is 16.1 Å². The third-order valence-electron chi connectivity index (χ3n) is 4.09. The van der Waals surface area contributed by atoms with Crippen LogP contribution in [0.3, 0.4) is 0 Å². The van der Waals surface area contributed by atoms with E-state index in [2.05, 4.69) is 15.6 Å². The van der Waals surface area contributed by atoms with Gasteiger partial charge in [-0.2, -0.15) is 0 Å². The van der Waals surface area contributed by atoms with E-state index in [4.69, 9.17) is 23.2 Å². The molecule has 0 aliphatic rings. The van der Waals surface area contributed by atoms with E-state index in [0.29, 0.717) is 27.8 Å². The van der Waals surface area contributed by atoms with Crippen LogP contribution < -0.4 is 5.32 Å². The Morgan fingerprint density at radius 3 is 2.75 bits per heavy atom. The summed E-state index contributed by atoms with van der Waals surface area (Å²) in [6, 6.07) is 12.2. The molecule has 0 saturated heterocycles. The van der Waals surface area contributed by atoms with Gasteiger partial charge in [-0.1, -0.05) is 47.5 Å². The van der Waals surface area contributed by atoms with E-state index >= 15 is 0 Å². The largest absolute Gasteiger partial charge is 0.332 e. The van der Waals surface area contributed by atoms with Crippen molar-refractivity contribution in [2.24, 2.45) is 0 Å². The average Bonchev–Trinajstić information content (AvgIpc) is 3.07. The van der Waals surface area contributed by atoms with Crippen molar-refractivity contribution in [3.05, 3.63) is 52.5 Å². The molecule has 0 saturated carbocycles. The number of aromatic nitrogens is 3. The van der Waals surface area contributed by atoms with Gasteiger partial charge in [0.2, 0.25) is 11.8 Å². The molecule has 0 unspecified atom stereocenters. The molecule has 0 aliphatic heterocycles. The summed E-state index contributed by atoms with van der Waals surface area (Å²) in [5.41, 5.74) is 1.89. The van der Waals surface area contributed by atoms with Crippen molar-refractivity contribution in [1.82, 2.24) is 19.9 Å². The molecule has 2 amide bonds. The molecule has 1 aromatic heterocycles. The lowest BCUT2D eigenvalue weighted by Gasteiger charge is -2.22. The Labute approximate surface area is 172 Å². The van der Waals surface area contributed by atoms with Crippen molar-refractivity contribution in [1.29, 1.82) is 0 Å². The maximum Gasteiger partial charge on any atom is 0.244 e. The molecule has 28 heavy (non-hydrogen) atoms. The van der Waals surface area contributed by atoms with Crippen LogP contribution in [0.15, 0.2) is 42.5 Å². The fourth-order valence-electron chi connectivity index (χ4n) is 2.78. The van der Waals surface area contributed by atoms with Crippen molar-refractivity contribution < 1.29 is 9.59 Å².